The molecule has 1 rings (SSSR count). The van der Waals surface area contributed by atoms with Crippen LogP contribution in [0.2, 0.25) is 0 Å². The molecule has 0 spiro atoms. The van der Waals surface area contributed by atoms with E-state index in [0.717, 1.165) is 32.4 Å². The Hall–Kier alpha value is -0.990. The van der Waals surface area contributed by atoms with Gasteiger partial charge in [-0.05, 0) is 25.7 Å². The number of likely N-dealkylation sites (tertiary alicyclic amines) is 1. The summed E-state index contributed by atoms with van der Waals surface area (Å²) in [4.78, 5) is 12.9. The van der Waals surface area contributed by atoms with Gasteiger partial charge >= 0.3 is 5.97 Å². The van der Waals surface area contributed by atoms with Crippen molar-refractivity contribution in [1.82, 2.24) is 4.90 Å². The van der Waals surface area contributed by atoms with Crippen molar-refractivity contribution in [1.29, 1.82) is 0 Å². The number of rotatable bonds is 3. The van der Waals surface area contributed by atoms with Gasteiger partial charge in [0.05, 0.1) is 0 Å². The fourth-order valence-corrected chi connectivity index (χ4v) is 1.68. The van der Waals surface area contributed by atoms with E-state index in [1.165, 1.54) is 6.42 Å². The van der Waals surface area contributed by atoms with Crippen molar-refractivity contribution in [3.63, 3.8) is 0 Å². The molecule has 3 heteroatoms. The van der Waals surface area contributed by atoms with Crippen molar-refractivity contribution in [3.05, 3.63) is 11.8 Å². The smallest absolute Gasteiger partial charge is 0.351 e. The third-order valence-corrected chi connectivity index (χ3v) is 2.31. The van der Waals surface area contributed by atoms with Crippen LogP contribution in [0.4, 0.5) is 0 Å². The zero-order valence-electron chi connectivity index (χ0n) is 8.12. The van der Waals surface area contributed by atoms with Gasteiger partial charge in [0.1, 0.15) is 5.70 Å². The second-order valence-electron chi connectivity index (χ2n) is 3.35. The van der Waals surface area contributed by atoms with Crippen molar-refractivity contribution in [2.24, 2.45) is 0 Å². The van der Waals surface area contributed by atoms with Gasteiger partial charge in [0, 0.05) is 13.1 Å². The molecule has 0 saturated carbocycles. The van der Waals surface area contributed by atoms with E-state index >= 15 is 0 Å². The van der Waals surface area contributed by atoms with Crippen molar-refractivity contribution in [3.8, 4) is 0 Å². The molecule has 0 aliphatic carbocycles. The van der Waals surface area contributed by atoms with Gasteiger partial charge in [-0.15, -0.1) is 0 Å². The van der Waals surface area contributed by atoms with Gasteiger partial charge in [-0.2, -0.15) is 0 Å². The molecule has 1 fully saturated rings. The van der Waals surface area contributed by atoms with Gasteiger partial charge in [-0.3, -0.25) is 0 Å². The Morgan fingerprint density at radius 3 is 2.46 bits per heavy atom. The Kier molecular flexibility index (Phi) is 3.80. The first-order valence-corrected chi connectivity index (χ1v) is 4.94. The van der Waals surface area contributed by atoms with E-state index in [9.17, 15) is 4.79 Å². The summed E-state index contributed by atoms with van der Waals surface area (Å²) in [6, 6.07) is 0. The maximum Gasteiger partial charge on any atom is 0.351 e. The molecule has 0 aromatic rings. The summed E-state index contributed by atoms with van der Waals surface area (Å²) < 4.78 is 0. The van der Waals surface area contributed by atoms with Gasteiger partial charge < -0.3 is 10.0 Å². The molecule has 3 nitrogen and oxygen atoms in total. The Labute approximate surface area is 79.0 Å². The molecule has 1 aliphatic rings. The maximum absolute atomic E-state index is 10.9. The number of hydrogen-bond donors (Lipinski definition) is 1. The lowest BCUT2D eigenvalue weighted by Crippen LogP contribution is -2.32. The molecular formula is C10H17NO2. The first kappa shape index (κ1) is 10.1. The van der Waals surface area contributed by atoms with E-state index in [4.69, 9.17) is 5.11 Å². The van der Waals surface area contributed by atoms with Gasteiger partial charge in [-0.1, -0.05) is 13.0 Å². The standard InChI is InChI=1S/C10H17NO2/c1-2-6-9(10(12)13)11-7-4-3-5-8-11/h6H,2-5,7-8H2,1H3,(H,12,13)/b9-6+. The van der Waals surface area contributed by atoms with E-state index in [0.29, 0.717) is 5.70 Å². The summed E-state index contributed by atoms with van der Waals surface area (Å²) in [6.45, 7) is 3.77. The topological polar surface area (TPSA) is 40.5 Å². The molecule has 0 aromatic heterocycles. The first-order valence-electron chi connectivity index (χ1n) is 4.94. The normalized spacial score (nSPS) is 18.8. The zero-order valence-corrected chi connectivity index (χ0v) is 8.12. The summed E-state index contributed by atoms with van der Waals surface area (Å²) in [7, 11) is 0. The van der Waals surface area contributed by atoms with Crippen LogP contribution < -0.4 is 0 Å². The maximum atomic E-state index is 10.9. The number of hydrogen-bond acceptors (Lipinski definition) is 2. The fraction of sp³-hybridized carbons (Fsp3) is 0.700. The number of piperidine rings is 1. The Balaban J connectivity index is 2.63. The molecule has 0 atom stereocenters. The summed E-state index contributed by atoms with van der Waals surface area (Å²) in [5.41, 5.74) is 0.488. The van der Waals surface area contributed by atoms with Gasteiger partial charge in [0.2, 0.25) is 0 Å². The molecule has 1 aliphatic heterocycles. The Morgan fingerprint density at radius 2 is 2.00 bits per heavy atom. The van der Waals surface area contributed by atoms with Crippen molar-refractivity contribution >= 4 is 5.97 Å². The van der Waals surface area contributed by atoms with Crippen LogP contribution in [-0.4, -0.2) is 29.1 Å². The highest BCUT2D eigenvalue weighted by molar-refractivity contribution is 5.85. The van der Waals surface area contributed by atoms with Crippen LogP contribution in [0.5, 0.6) is 0 Å². The predicted octanol–water partition coefficient (Wildman–Crippen LogP) is 1.85. The molecule has 13 heavy (non-hydrogen) atoms. The van der Waals surface area contributed by atoms with E-state index < -0.39 is 5.97 Å². The van der Waals surface area contributed by atoms with E-state index in [-0.39, 0.29) is 0 Å². The van der Waals surface area contributed by atoms with E-state index in [2.05, 4.69) is 0 Å². The summed E-state index contributed by atoms with van der Waals surface area (Å²) in [5, 5.41) is 8.95. The third-order valence-electron chi connectivity index (χ3n) is 2.31. The highest BCUT2D eigenvalue weighted by atomic mass is 16.4. The first-order chi connectivity index (χ1) is 6.25. The number of nitrogens with zero attached hydrogens (tertiary/aromatic N) is 1. The second-order valence-corrected chi connectivity index (χ2v) is 3.35. The number of carboxylic acids is 1. The Bertz CT molecular complexity index is 205. The third kappa shape index (κ3) is 2.76. The van der Waals surface area contributed by atoms with E-state index in [1.807, 2.05) is 11.8 Å². The van der Waals surface area contributed by atoms with Crippen LogP contribution >= 0.6 is 0 Å². The minimum Gasteiger partial charge on any atom is -0.477 e. The number of carboxylic acid groups (broad SMARTS) is 1. The zero-order chi connectivity index (χ0) is 9.68. The summed E-state index contributed by atoms with van der Waals surface area (Å²) in [5.74, 6) is -0.788. The molecule has 0 unspecified atom stereocenters. The molecule has 1 heterocycles. The quantitative estimate of drug-likeness (QED) is 0.679. The molecule has 0 bridgehead atoms. The minimum atomic E-state index is -0.788. The van der Waals surface area contributed by atoms with Crippen LogP contribution in [0.1, 0.15) is 32.6 Å². The van der Waals surface area contributed by atoms with Crippen molar-refractivity contribution < 1.29 is 9.90 Å². The highest BCUT2D eigenvalue weighted by Gasteiger charge is 2.17. The molecule has 0 radical (unpaired) electrons. The van der Waals surface area contributed by atoms with Gasteiger partial charge in [0.15, 0.2) is 0 Å². The predicted molar refractivity (Wildman–Crippen MR) is 51.4 cm³/mol. The molecule has 0 amide bonds. The summed E-state index contributed by atoms with van der Waals surface area (Å²) >= 11 is 0. The molecule has 1 saturated heterocycles. The summed E-state index contributed by atoms with van der Waals surface area (Å²) in [6.07, 6.45) is 6.06. The fourth-order valence-electron chi connectivity index (χ4n) is 1.68. The molecule has 0 aromatic carbocycles. The monoisotopic (exact) mass is 183 g/mol. The number of aliphatic carboxylic acids is 1. The Morgan fingerprint density at radius 1 is 1.38 bits per heavy atom. The number of carbonyl (C=O) groups is 1. The number of allylic oxidation sites excluding steroid dienone is 1. The second kappa shape index (κ2) is 4.90. The van der Waals surface area contributed by atoms with Crippen molar-refractivity contribution in [2.45, 2.75) is 32.6 Å². The average molecular weight is 183 g/mol. The van der Waals surface area contributed by atoms with Crippen LogP contribution in [0.25, 0.3) is 0 Å². The molecule has 1 N–H and O–H groups in total. The van der Waals surface area contributed by atoms with Gasteiger partial charge in [0.25, 0.3) is 0 Å². The van der Waals surface area contributed by atoms with Crippen LogP contribution in [0.3, 0.4) is 0 Å². The van der Waals surface area contributed by atoms with Crippen LogP contribution in [0, 0.1) is 0 Å². The molecule has 74 valence electrons. The average Bonchev–Trinajstić information content (AvgIpc) is 2.15. The van der Waals surface area contributed by atoms with E-state index in [1.54, 1.807) is 6.08 Å². The van der Waals surface area contributed by atoms with Gasteiger partial charge in [-0.25, -0.2) is 4.79 Å². The van der Waals surface area contributed by atoms with Crippen LogP contribution in [0.15, 0.2) is 11.8 Å². The minimum absolute atomic E-state index is 0.488. The lowest BCUT2D eigenvalue weighted by atomic mass is 10.1. The largest absolute Gasteiger partial charge is 0.477 e. The lowest BCUT2D eigenvalue weighted by molar-refractivity contribution is -0.134. The lowest BCUT2D eigenvalue weighted by Gasteiger charge is -2.28. The SMILES string of the molecule is CC/C=C(\C(=O)O)N1CCCCC1. The highest BCUT2D eigenvalue weighted by Crippen LogP contribution is 2.15. The molecular weight excluding hydrogens is 166 g/mol. The van der Waals surface area contributed by atoms with Crippen molar-refractivity contribution in [2.75, 3.05) is 13.1 Å². The van der Waals surface area contributed by atoms with Crippen LogP contribution in [-0.2, 0) is 4.79 Å².